The van der Waals surface area contributed by atoms with Crippen molar-refractivity contribution in [2.75, 3.05) is 20.1 Å². The third-order valence-electron chi connectivity index (χ3n) is 4.90. The van der Waals surface area contributed by atoms with Gasteiger partial charge in [0.1, 0.15) is 5.60 Å². The van der Waals surface area contributed by atoms with Crippen LogP contribution in [-0.2, 0) is 4.79 Å². The average Bonchev–Trinajstić information content (AvgIpc) is 2.86. The number of fused-ring (bicyclic) bond motifs is 4. The summed E-state index contributed by atoms with van der Waals surface area (Å²) in [6, 6.07) is 7.21. The van der Waals surface area contributed by atoms with Crippen LogP contribution in [0.25, 0.3) is 0 Å². The van der Waals surface area contributed by atoms with Crippen LogP contribution < -0.4 is 0 Å². The predicted octanol–water partition coefficient (Wildman–Crippen LogP) is 1.50. The Hall–Kier alpha value is -2.32. The Balaban J connectivity index is 1.75. The first-order valence-corrected chi connectivity index (χ1v) is 8.66. The smallest absolute Gasteiger partial charge is 0.253 e. The van der Waals surface area contributed by atoms with Gasteiger partial charge in [-0.25, -0.2) is 0 Å². The Morgan fingerprint density at radius 1 is 1.20 bits per heavy atom. The minimum absolute atomic E-state index is 0.0398. The molecule has 0 saturated carbocycles. The van der Waals surface area contributed by atoms with Gasteiger partial charge in [-0.2, -0.15) is 0 Å². The maximum absolute atomic E-state index is 12.8. The van der Waals surface area contributed by atoms with Crippen molar-refractivity contribution in [3.05, 3.63) is 35.4 Å². The monoisotopic (exact) mass is 340 g/mol. The van der Waals surface area contributed by atoms with E-state index in [9.17, 15) is 14.7 Å². The number of benzene rings is 1. The molecule has 0 unspecified atom stereocenters. The van der Waals surface area contributed by atoms with E-state index in [0.717, 1.165) is 18.4 Å². The number of aliphatic hydroxyl groups is 1. The van der Waals surface area contributed by atoms with Gasteiger partial charge in [0.2, 0.25) is 5.91 Å². The summed E-state index contributed by atoms with van der Waals surface area (Å²) in [7, 11) is 1.84. The maximum atomic E-state index is 12.8. The molecule has 1 N–H and O–H groups in total. The Morgan fingerprint density at radius 2 is 1.88 bits per heavy atom. The van der Waals surface area contributed by atoms with Crippen molar-refractivity contribution in [2.24, 2.45) is 5.92 Å². The molecule has 5 heteroatoms. The molecule has 3 fully saturated rings. The lowest BCUT2D eigenvalue weighted by atomic mass is 9.95. The number of amides is 2. The van der Waals surface area contributed by atoms with Crippen LogP contribution in [0.3, 0.4) is 0 Å². The second kappa shape index (κ2) is 6.53. The van der Waals surface area contributed by atoms with Gasteiger partial charge in [0.25, 0.3) is 5.91 Å². The standard InChI is InChI=1S/C20H24N2O3/c1-20(2,25)11-10-14-4-6-15(7-5-14)19(24)22-12-16-8-9-17(13-22)21(3)18(16)23/h4-7,16-17,25H,8-9,12-13H2,1-3H3/t16-,17+/m0/s1. The molecule has 0 radical (unpaired) electrons. The molecule has 1 aromatic rings. The number of carbonyl (C=O) groups is 2. The molecule has 2 amide bonds. The Labute approximate surface area is 148 Å². The molecule has 4 rings (SSSR count). The highest BCUT2D eigenvalue weighted by Crippen LogP contribution is 2.28. The molecule has 3 aliphatic rings. The molecule has 132 valence electrons. The van der Waals surface area contributed by atoms with Crippen LogP contribution in [0.1, 0.15) is 42.6 Å². The number of hydrogen-bond donors (Lipinski definition) is 1. The lowest BCUT2D eigenvalue weighted by molar-refractivity contribution is -0.138. The summed E-state index contributed by atoms with van der Waals surface area (Å²) >= 11 is 0. The number of likely N-dealkylation sites (N-methyl/N-ethyl adjacent to an activating group) is 1. The van der Waals surface area contributed by atoms with E-state index in [2.05, 4.69) is 11.8 Å². The van der Waals surface area contributed by atoms with Gasteiger partial charge in [0, 0.05) is 37.3 Å². The summed E-state index contributed by atoms with van der Waals surface area (Å²) in [5, 5.41) is 9.65. The van der Waals surface area contributed by atoms with Gasteiger partial charge in [0.05, 0.1) is 5.92 Å². The van der Waals surface area contributed by atoms with E-state index in [0.29, 0.717) is 18.7 Å². The lowest BCUT2D eigenvalue weighted by Gasteiger charge is -2.32. The van der Waals surface area contributed by atoms with E-state index in [-0.39, 0.29) is 23.8 Å². The van der Waals surface area contributed by atoms with Crippen molar-refractivity contribution in [2.45, 2.75) is 38.3 Å². The fourth-order valence-electron chi connectivity index (χ4n) is 3.43. The molecular weight excluding hydrogens is 316 g/mol. The summed E-state index contributed by atoms with van der Waals surface area (Å²) < 4.78 is 0. The number of hydrogen-bond acceptors (Lipinski definition) is 3. The zero-order chi connectivity index (χ0) is 18.2. The lowest BCUT2D eigenvalue weighted by Crippen LogP contribution is -2.45. The maximum Gasteiger partial charge on any atom is 0.253 e. The van der Waals surface area contributed by atoms with Gasteiger partial charge in [-0.15, -0.1) is 0 Å². The highest BCUT2D eigenvalue weighted by atomic mass is 16.3. The summed E-state index contributed by atoms with van der Waals surface area (Å²) in [4.78, 5) is 28.7. The Kier molecular flexibility index (Phi) is 4.57. The molecule has 1 aromatic carbocycles. The van der Waals surface area contributed by atoms with Crippen molar-refractivity contribution in [3.63, 3.8) is 0 Å². The number of nitrogens with zero attached hydrogens (tertiary/aromatic N) is 2. The molecule has 25 heavy (non-hydrogen) atoms. The zero-order valence-electron chi connectivity index (χ0n) is 15.0. The largest absolute Gasteiger partial charge is 0.378 e. The zero-order valence-corrected chi connectivity index (χ0v) is 15.0. The number of piperidine rings is 1. The first-order valence-electron chi connectivity index (χ1n) is 8.66. The quantitative estimate of drug-likeness (QED) is 0.788. The van der Waals surface area contributed by atoms with Gasteiger partial charge in [-0.05, 0) is 51.0 Å². The van der Waals surface area contributed by atoms with Crippen LogP contribution in [-0.4, -0.2) is 58.5 Å². The van der Waals surface area contributed by atoms with Gasteiger partial charge in [-0.1, -0.05) is 11.8 Å². The van der Waals surface area contributed by atoms with E-state index in [1.54, 1.807) is 47.9 Å². The summed E-state index contributed by atoms with van der Waals surface area (Å²) in [6.45, 7) is 4.35. The molecule has 0 aliphatic carbocycles. The molecule has 2 bridgehead atoms. The third-order valence-corrected chi connectivity index (χ3v) is 4.90. The second-order valence-electron chi connectivity index (χ2n) is 7.47. The first-order chi connectivity index (χ1) is 11.7. The van der Waals surface area contributed by atoms with Crippen molar-refractivity contribution < 1.29 is 14.7 Å². The summed E-state index contributed by atoms with van der Waals surface area (Å²) in [5.74, 6) is 5.69. The van der Waals surface area contributed by atoms with Gasteiger partial charge >= 0.3 is 0 Å². The molecule has 5 nitrogen and oxygen atoms in total. The molecule has 3 aliphatic heterocycles. The van der Waals surface area contributed by atoms with E-state index in [4.69, 9.17) is 0 Å². The second-order valence-corrected chi connectivity index (χ2v) is 7.47. The van der Waals surface area contributed by atoms with Crippen molar-refractivity contribution in [1.29, 1.82) is 0 Å². The summed E-state index contributed by atoms with van der Waals surface area (Å²) in [5.41, 5.74) is 0.313. The van der Waals surface area contributed by atoms with Crippen molar-refractivity contribution >= 4 is 11.8 Å². The topological polar surface area (TPSA) is 60.9 Å². The molecule has 3 saturated heterocycles. The SMILES string of the molecule is CN1C(=O)[C@H]2CC[C@@H]1CN(C(=O)c1ccc(C#CC(C)(C)O)cc1)C2. The van der Waals surface area contributed by atoms with E-state index >= 15 is 0 Å². The first kappa shape index (κ1) is 17.5. The highest BCUT2D eigenvalue weighted by molar-refractivity contribution is 5.95. The minimum Gasteiger partial charge on any atom is -0.378 e. The Bertz CT molecular complexity index is 737. The van der Waals surface area contributed by atoms with Gasteiger partial charge in [0.15, 0.2) is 0 Å². The van der Waals surface area contributed by atoms with E-state index in [1.165, 1.54) is 0 Å². The van der Waals surface area contributed by atoms with Crippen LogP contribution >= 0.6 is 0 Å². The molecule has 3 heterocycles. The fraction of sp³-hybridized carbons (Fsp3) is 0.500. The third kappa shape index (κ3) is 3.85. The summed E-state index contributed by atoms with van der Waals surface area (Å²) in [6.07, 6.45) is 1.82. The van der Waals surface area contributed by atoms with Crippen LogP contribution in [0.15, 0.2) is 24.3 Å². The molecule has 0 spiro atoms. The van der Waals surface area contributed by atoms with Crippen LogP contribution in [0.2, 0.25) is 0 Å². The highest BCUT2D eigenvalue weighted by Gasteiger charge is 2.40. The molecular formula is C20H24N2O3. The molecule has 2 atom stereocenters. The normalized spacial score (nSPS) is 23.1. The van der Waals surface area contributed by atoms with E-state index < -0.39 is 5.60 Å². The van der Waals surface area contributed by atoms with Gasteiger partial charge in [-0.3, -0.25) is 9.59 Å². The molecule has 0 aromatic heterocycles. The predicted molar refractivity (Wildman–Crippen MR) is 94.8 cm³/mol. The van der Waals surface area contributed by atoms with Crippen LogP contribution in [0, 0.1) is 17.8 Å². The van der Waals surface area contributed by atoms with Crippen LogP contribution in [0.5, 0.6) is 0 Å². The number of carbonyl (C=O) groups excluding carboxylic acids is 2. The minimum atomic E-state index is -1.04. The van der Waals surface area contributed by atoms with E-state index in [1.807, 2.05) is 7.05 Å². The Morgan fingerprint density at radius 3 is 2.52 bits per heavy atom. The van der Waals surface area contributed by atoms with Crippen LogP contribution in [0.4, 0.5) is 0 Å². The number of rotatable bonds is 1. The van der Waals surface area contributed by atoms with Crippen molar-refractivity contribution in [3.8, 4) is 11.8 Å². The fourth-order valence-corrected chi connectivity index (χ4v) is 3.43. The van der Waals surface area contributed by atoms with Gasteiger partial charge < -0.3 is 14.9 Å². The average molecular weight is 340 g/mol. The van der Waals surface area contributed by atoms with Crippen molar-refractivity contribution in [1.82, 2.24) is 9.80 Å².